The first kappa shape index (κ1) is 19.2. The summed E-state index contributed by atoms with van der Waals surface area (Å²) in [5.41, 5.74) is 0.0352. The molecule has 0 aromatic carbocycles. The fourth-order valence-corrected chi connectivity index (χ4v) is 4.55. The molecule has 2 bridgehead atoms. The number of allylic oxidation sites excluding steroid dienone is 2. The van der Waals surface area contributed by atoms with Crippen molar-refractivity contribution >= 4 is 11.8 Å². The van der Waals surface area contributed by atoms with Gasteiger partial charge in [-0.15, -0.1) is 0 Å². The summed E-state index contributed by atoms with van der Waals surface area (Å²) in [6.45, 7) is 4.36. The summed E-state index contributed by atoms with van der Waals surface area (Å²) in [7, 11) is 1.69. The van der Waals surface area contributed by atoms with Gasteiger partial charge >= 0.3 is 0 Å². The molecule has 2 rings (SSSR count). The third kappa shape index (κ3) is 4.29. The first-order valence-electron chi connectivity index (χ1n) is 10.0. The van der Waals surface area contributed by atoms with E-state index in [4.69, 9.17) is 0 Å². The predicted octanol–water partition coefficient (Wildman–Crippen LogP) is 5.10. The maximum absolute atomic E-state index is 13.0. The van der Waals surface area contributed by atoms with E-state index in [0.29, 0.717) is 12.3 Å². The number of amides is 2. The van der Waals surface area contributed by atoms with Crippen molar-refractivity contribution in [1.82, 2.24) is 4.90 Å². The van der Waals surface area contributed by atoms with Crippen LogP contribution in [0, 0.1) is 17.3 Å². The zero-order valence-electron chi connectivity index (χ0n) is 15.9. The van der Waals surface area contributed by atoms with Crippen molar-refractivity contribution in [2.75, 3.05) is 7.05 Å². The summed E-state index contributed by atoms with van der Waals surface area (Å²) >= 11 is 0. The Morgan fingerprint density at radius 1 is 1.08 bits per heavy atom. The molecule has 0 heterocycles. The largest absolute Gasteiger partial charge is 0.286 e. The molecule has 2 aliphatic carbocycles. The molecule has 1 fully saturated rings. The summed E-state index contributed by atoms with van der Waals surface area (Å²) in [6.07, 6.45) is 16.3. The average molecular weight is 334 g/mol. The molecule has 3 nitrogen and oxygen atoms in total. The highest BCUT2D eigenvalue weighted by atomic mass is 16.2. The van der Waals surface area contributed by atoms with Crippen LogP contribution in [0.5, 0.6) is 0 Å². The van der Waals surface area contributed by atoms with Gasteiger partial charge in [0.2, 0.25) is 11.8 Å². The molecule has 0 N–H and O–H groups in total. The molecule has 2 amide bonds. The van der Waals surface area contributed by atoms with Crippen LogP contribution in [0.3, 0.4) is 0 Å². The molecule has 3 unspecified atom stereocenters. The second kappa shape index (κ2) is 8.82. The van der Waals surface area contributed by atoms with Crippen LogP contribution in [0.15, 0.2) is 12.2 Å². The molecule has 136 valence electrons. The highest BCUT2D eigenvalue weighted by Crippen LogP contribution is 2.56. The maximum atomic E-state index is 13.0. The summed E-state index contributed by atoms with van der Waals surface area (Å²) < 4.78 is 0. The SMILES string of the molecule is CCCCCCC12C=CC(CC1C(=O)N(C)C(=O)CCCCC)C2. The number of hydrogen-bond acceptors (Lipinski definition) is 2. The molecule has 1 saturated carbocycles. The Labute approximate surface area is 147 Å². The summed E-state index contributed by atoms with van der Waals surface area (Å²) in [5, 5.41) is 0. The van der Waals surface area contributed by atoms with Crippen LogP contribution in [0.25, 0.3) is 0 Å². The van der Waals surface area contributed by atoms with Crippen LogP contribution in [-0.2, 0) is 9.59 Å². The number of unbranched alkanes of at least 4 members (excludes halogenated alkanes) is 5. The zero-order valence-corrected chi connectivity index (χ0v) is 15.9. The Kier molecular flexibility index (Phi) is 7.06. The summed E-state index contributed by atoms with van der Waals surface area (Å²) in [4.78, 5) is 26.7. The van der Waals surface area contributed by atoms with Gasteiger partial charge in [0, 0.05) is 24.8 Å². The Morgan fingerprint density at radius 2 is 1.79 bits per heavy atom. The molecule has 24 heavy (non-hydrogen) atoms. The van der Waals surface area contributed by atoms with E-state index >= 15 is 0 Å². The lowest BCUT2D eigenvalue weighted by Crippen LogP contribution is -2.42. The Bertz CT molecular complexity index is 470. The molecular formula is C21H35NO2. The topological polar surface area (TPSA) is 37.4 Å². The highest BCUT2D eigenvalue weighted by molar-refractivity contribution is 5.96. The zero-order chi connectivity index (χ0) is 17.6. The van der Waals surface area contributed by atoms with Crippen molar-refractivity contribution in [2.24, 2.45) is 17.3 Å². The molecule has 0 radical (unpaired) electrons. The normalized spacial score (nSPS) is 27.6. The molecule has 0 aromatic rings. The van der Waals surface area contributed by atoms with E-state index in [0.717, 1.165) is 38.5 Å². The third-order valence-corrected chi connectivity index (χ3v) is 6.07. The van der Waals surface area contributed by atoms with Crippen LogP contribution in [0.2, 0.25) is 0 Å². The molecule has 0 spiro atoms. The van der Waals surface area contributed by atoms with Crippen LogP contribution in [-0.4, -0.2) is 23.8 Å². The predicted molar refractivity (Wildman–Crippen MR) is 98.5 cm³/mol. The van der Waals surface area contributed by atoms with Crippen LogP contribution in [0.4, 0.5) is 0 Å². The van der Waals surface area contributed by atoms with Gasteiger partial charge in [0.15, 0.2) is 0 Å². The van der Waals surface area contributed by atoms with E-state index in [9.17, 15) is 9.59 Å². The van der Waals surface area contributed by atoms with E-state index in [1.165, 1.54) is 30.6 Å². The first-order chi connectivity index (χ1) is 11.5. The lowest BCUT2D eigenvalue weighted by molar-refractivity contribution is -0.147. The van der Waals surface area contributed by atoms with Gasteiger partial charge in [0.1, 0.15) is 0 Å². The third-order valence-electron chi connectivity index (χ3n) is 6.07. The number of imide groups is 1. The number of carbonyl (C=O) groups is 2. The van der Waals surface area contributed by atoms with Crippen molar-refractivity contribution < 1.29 is 9.59 Å². The molecular weight excluding hydrogens is 298 g/mol. The number of nitrogens with zero attached hydrogens (tertiary/aromatic N) is 1. The lowest BCUT2D eigenvalue weighted by Gasteiger charge is -2.33. The lowest BCUT2D eigenvalue weighted by atomic mass is 9.73. The number of hydrogen-bond donors (Lipinski definition) is 0. The second-order valence-corrected chi connectivity index (χ2v) is 7.90. The second-order valence-electron chi connectivity index (χ2n) is 7.90. The standard InChI is InChI=1S/C21H35NO2/c1-4-6-8-10-13-21-14-12-17(16-21)15-18(21)20(24)22(3)19(23)11-9-7-5-2/h12,14,17-18H,4-11,13,15-16H2,1-3H3. The highest BCUT2D eigenvalue weighted by Gasteiger charge is 2.52. The Morgan fingerprint density at radius 3 is 2.46 bits per heavy atom. The molecule has 0 saturated heterocycles. The van der Waals surface area contributed by atoms with Crippen molar-refractivity contribution in [1.29, 1.82) is 0 Å². The van der Waals surface area contributed by atoms with Crippen molar-refractivity contribution in [3.63, 3.8) is 0 Å². The van der Waals surface area contributed by atoms with E-state index in [1.54, 1.807) is 7.05 Å². The van der Waals surface area contributed by atoms with E-state index in [-0.39, 0.29) is 23.1 Å². The van der Waals surface area contributed by atoms with Crippen LogP contribution in [0.1, 0.15) is 84.5 Å². The Hall–Kier alpha value is -1.12. The van der Waals surface area contributed by atoms with Crippen LogP contribution >= 0.6 is 0 Å². The van der Waals surface area contributed by atoms with E-state index < -0.39 is 0 Å². The van der Waals surface area contributed by atoms with Gasteiger partial charge in [-0.2, -0.15) is 0 Å². The average Bonchev–Trinajstić information content (AvgIpc) is 3.16. The monoisotopic (exact) mass is 333 g/mol. The van der Waals surface area contributed by atoms with Gasteiger partial charge in [-0.05, 0) is 31.6 Å². The van der Waals surface area contributed by atoms with Gasteiger partial charge in [-0.25, -0.2) is 0 Å². The Balaban J connectivity index is 1.94. The number of fused-ring (bicyclic) bond motifs is 2. The molecule has 0 aromatic heterocycles. The molecule has 2 aliphatic rings. The fourth-order valence-electron chi connectivity index (χ4n) is 4.55. The van der Waals surface area contributed by atoms with E-state index in [1.807, 2.05) is 0 Å². The molecule has 0 aliphatic heterocycles. The van der Waals surface area contributed by atoms with Crippen molar-refractivity contribution in [3.05, 3.63) is 12.2 Å². The smallest absolute Gasteiger partial charge is 0.232 e. The van der Waals surface area contributed by atoms with E-state index in [2.05, 4.69) is 26.0 Å². The summed E-state index contributed by atoms with van der Waals surface area (Å²) in [6, 6.07) is 0. The first-order valence-corrected chi connectivity index (χ1v) is 10.0. The number of rotatable bonds is 10. The molecule has 3 heteroatoms. The van der Waals surface area contributed by atoms with Gasteiger partial charge in [0.05, 0.1) is 0 Å². The minimum Gasteiger partial charge on any atom is -0.286 e. The summed E-state index contributed by atoms with van der Waals surface area (Å²) in [5.74, 6) is 0.642. The van der Waals surface area contributed by atoms with Gasteiger partial charge < -0.3 is 0 Å². The number of carbonyl (C=O) groups excluding carboxylic acids is 2. The van der Waals surface area contributed by atoms with Gasteiger partial charge in [0.25, 0.3) is 0 Å². The van der Waals surface area contributed by atoms with Crippen LogP contribution < -0.4 is 0 Å². The maximum Gasteiger partial charge on any atom is 0.232 e. The van der Waals surface area contributed by atoms with Gasteiger partial charge in [-0.3, -0.25) is 14.5 Å². The van der Waals surface area contributed by atoms with Crippen molar-refractivity contribution in [3.8, 4) is 0 Å². The minimum atomic E-state index is 0.00124. The van der Waals surface area contributed by atoms with Crippen molar-refractivity contribution in [2.45, 2.75) is 84.5 Å². The fraction of sp³-hybridized carbons (Fsp3) is 0.810. The minimum absolute atomic E-state index is 0.00124. The van der Waals surface area contributed by atoms with Gasteiger partial charge in [-0.1, -0.05) is 64.5 Å². The quantitative estimate of drug-likeness (QED) is 0.412. The molecule has 3 atom stereocenters.